The van der Waals surface area contributed by atoms with Crippen LogP contribution in [-0.2, 0) is 6.42 Å². The molecule has 0 radical (unpaired) electrons. The van der Waals surface area contributed by atoms with E-state index < -0.39 is 0 Å². The molecule has 0 N–H and O–H groups in total. The van der Waals surface area contributed by atoms with Gasteiger partial charge in [-0.25, -0.2) is 15.0 Å². The van der Waals surface area contributed by atoms with Crippen LogP contribution in [0.1, 0.15) is 40.6 Å². The number of nitrogens with zero attached hydrogens (tertiary/aromatic N) is 4. The van der Waals surface area contributed by atoms with Gasteiger partial charge in [-0.3, -0.25) is 9.69 Å². The van der Waals surface area contributed by atoms with Crippen LogP contribution >= 0.6 is 11.3 Å². The first-order valence-electron chi connectivity index (χ1n) is 10.5. The van der Waals surface area contributed by atoms with E-state index in [1.54, 1.807) is 17.2 Å². The zero-order chi connectivity index (χ0) is 21.0. The number of rotatable bonds is 7. The van der Waals surface area contributed by atoms with E-state index in [1.807, 2.05) is 53.9 Å². The van der Waals surface area contributed by atoms with E-state index in [1.165, 1.54) is 16.9 Å². The first-order chi connectivity index (χ1) is 15.3. The van der Waals surface area contributed by atoms with Gasteiger partial charge in [0, 0.05) is 29.6 Å². The number of carbonyl (C=O) groups excluding carboxylic acids is 1. The van der Waals surface area contributed by atoms with Gasteiger partial charge in [-0.15, -0.1) is 11.3 Å². The monoisotopic (exact) mass is 426 g/mol. The lowest BCUT2D eigenvalue weighted by Gasteiger charge is -2.20. The molecule has 4 aromatic rings. The maximum Gasteiger partial charge on any atom is 0.278 e. The highest BCUT2D eigenvalue weighted by Crippen LogP contribution is 2.38. The summed E-state index contributed by atoms with van der Waals surface area (Å²) in [4.78, 5) is 29.0. The number of anilines is 1. The van der Waals surface area contributed by atoms with Crippen LogP contribution in [0.3, 0.4) is 0 Å². The SMILES string of the molecule is O=C(c1ccnc(C2CC2)n1)N(CCc1ccccc1)c1nc(-c2ccccc2)cs1. The second kappa shape index (κ2) is 8.78. The molecule has 154 valence electrons. The van der Waals surface area contributed by atoms with E-state index in [4.69, 9.17) is 4.98 Å². The van der Waals surface area contributed by atoms with E-state index in [2.05, 4.69) is 22.1 Å². The van der Waals surface area contributed by atoms with Crippen molar-refractivity contribution in [1.29, 1.82) is 0 Å². The average molecular weight is 427 g/mol. The predicted octanol–water partition coefficient (Wildman–Crippen LogP) is 5.37. The molecule has 1 aliphatic rings. The van der Waals surface area contributed by atoms with Crippen molar-refractivity contribution in [2.45, 2.75) is 25.2 Å². The highest BCUT2D eigenvalue weighted by atomic mass is 32.1. The molecule has 5 rings (SSSR count). The molecule has 6 heteroatoms. The Hall–Kier alpha value is -3.38. The fourth-order valence-corrected chi connectivity index (χ4v) is 4.33. The molecule has 31 heavy (non-hydrogen) atoms. The fourth-order valence-electron chi connectivity index (χ4n) is 3.47. The summed E-state index contributed by atoms with van der Waals surface area (Å²) in [6.07, 6.45) is 4.64. The smallest absolute Gasteiger partial charge is 0.278 e. The Morgan fingerprint density at radius 1 is 0.968 bits per heavy atom. The van der Waals surface area contributed by atoms with Gasteiger partial charge in [0.05, 0.1) is 5.69 Å². The van der Waals surface area contributed by atoms with Crippen LogP contribution in [-0.4, -0.2) is 27.4 Å². The molecule has 2 aromatic carbocycles. The average Bonchev–Trinajstić information content (AvgIpc) is 3.58. The number of benzene rings is 2. The summed E-state index contributed by atoms with van der Waals surface area (Å²) in [6, 6.07) is 21.9. The number of aromatic nitrogens is 3. The Labute approximate surface area is 185 Å². The van der Waals surface area contributed by atoms with Gasteiger partial charge in [0.25, 0.3) is 5.91 Å². The standard InChI is InChI=1S/C25H22N4OS/c30-24(21-13-15-26-23(27-21)20-11-12-20)29(16-14-18-7-3-1-4-8-18)25-28-22(17-31-25)19-9-5-2-6-10-19/h1-10,13,15,17,20H,11-12,14,16H2. The second-order valence-electron chi connectivity index (χ2n) is 7.65. The van der Waals surface area contributed by atoms with Crippen molar-refractivity contribution in [3.8, 4) is 11.3 Å². The molecular weight excluding hydrogens is 404 g/mol. The molecule has 0 bridgehead atoms. The largest absolute Gasteiger partial charge is 0.282 e. The van der Waals surface area contributed by atoms with Gasteiger partial charge in [0.15, 0.2) is 5.13 Å². The maximum absolute atomic E-state index is 13.5. The highest BCUT2D eigenvalue weighted by Gasteiger charge is 2.28. The van der Waals surface area contributed by atoms with Crippen LogP contribution in [0.5, 0.6) is 0 Å². The van der Waals surface area contributed by atoms with Crippen molar-refractivity contribution in [3.63, 3.8) is 0 Å². The molecule has 0 spiro atoms. The number of hydrogen-bond acceptors (Lipinski definition) is 5. The molecule has 0 unspecified atom stereocenters. The summed E-state index contributed by atoms with van der Waals surface area (Å²) >= 11 is 1.48. The second-order valence-corrected chi connectivity index (χ2v) is 8.48. The van der Waals surface area contributed by atoms with Gasteiger partial charge >= 0.3 is 0 Å². The molecule has 1 aliphatic carbocycles. The fraction of sp³-hybridized carbons (Fsp3) is 0.200. The normalized spacial score (nSPS) is 13.2. The van der Waals surface area contributed by atoms with Crippen molar-refractivity contribution >= 4 is 22.4 Å². The van der Waals surface area contributed by atoms with Crippen LogP contribution in [0.4, 0.5) is 5.13 Å². The third-order valence-corrected chi connectivity index (χ3v) is 6.20. The summed E-state index contributed by atoms with van der Waals surface area (Å²) in [5.74, 6) is 1.04. The minimum absolute atomic E-state index is 0.130. The van der Waals surface area contributed by atoms with Gasteiger partial charge in [0.2, 0.25) is 0 Å². The summed E-state index contributed by atoms with van der Waals surface area (Å²) in [7, 11) is 0. The van der Waals surface area contributed by atoms with Gasteiger partial charge < -0.3 is 0 Å². The third-order valence-electron chi connectivity index (χ3n) is 5.34. The Morgan fingerprint density at radius 2 is 1.71 bits per heavy atom. The van der Waals surface area contributed by atoms with Crippen molar-refractivity contribution in [3.05, 3.63) is 95.4 Å². The Bertz CT molecular complexity index is 1170. The van der Waals surface area contributed by atoms with Crippen LogP contribution in [0.15, 0.2) is 78.3 Å². The van der Waals surface area contributed by atoms with Gasteiger partial charge in [0.1, 0.15) is 11.5 Å². The van der Waals surface area contributed by atoms with Gasteiger partial charge in [-0.2, -0.15) is 0 Å². The zero-order valence-electron chi connectivity index (χ0n) is 17.0. The molecular formula is C25H22N4OS. The topological polar surface area (TPSA) is 59.0 Å². The molecule has 1 amide bonds. The molecule has 0 saturated heterocycles. The summed E-state index contributed by atoms with van der Waals surface area (Å²) < 4.78 is 0. The van der Waals surface area contributed by atoms with Crippen molar-refractivity contribution in [2.75, 3.05) is 11.4 Å². The molecule has 0 aliphatic heterocycles. The maximum atomic E-state index is 13.5. The number of thiazole rings is 1. The van der Waals surface area contributed by atoms with Crippen LogP contribution < -0.4 is 4.90 Å². The number of hydrogen-bond donors (Lipinski definition) is 0. The van der Waals surface area contributed by atoms with Gasteiger partial charge in [-0.05, 0) is 30.9 Å². The van der Waals surface area contributed by atoms with Crippen LogP contribution in [0, 0.1) is 0 Å². The molecule has 2 aromatic heterocycles. The lowest BCUT2D eigenvalue weighted by atomic mass is 10.1. The number of carbonyl (C=O) groups is 1. The lowest BCUT2D eigenvalue weighted by molar-refractivity contribution is 0.0982. The molecule has 2 heterocycles. The summed E-state index contributed by atoms with van der Waals surface area (Å²) in [5, 5.41) is 2.69. The molecule has 5 nitrogen and oxygen atoms in total. The Morgan fingerprint density at radius 3 is 2.45 bits per heavy atom. The van der Waals surface area contributed by atoms with Crippen molar-refractivity contribution < 1.29 is 4.79 Å². The van der Waals surface area contributed by atoms with Crippen LogP contribution in [0.2, 0.25) is 0 Å². The Kier molecular flexibility index (Phi) is 5.54. The minimum Gasteiger partial charge on any atom is -0.282 e. The van der Waals surface area contributed by atoms with E-state index >= 15 is 0 Å². The zero-order valence-corrected chi connectivity index (χ0v) is 17.8. The Balaban J connectivity index is 1.45. The van der Waals surface area contributed by atoms with Gasteiger partial charge in [-0.1, -0.05) is 60.7 Å². The third kappa shape index (κ3) is 4.54. The van der Waals surface area contributed by atoms with E-state index in [-0.39, 0.29) is 5.91 Å². The van der Waals surface area contributed by atoms with E-state index in [9.17, 15) is 4.79 Å². The van der Waals surface area contributed by atoms with E-state index in [0.29, 0.717) is 23.3 Å². The van der Waals surface area contributed by atoms with Crippen LogP contribution in [0.25, 0.3) is 11.3 Å². The lowest BCUT2D eigenvalue weighted by Crippen LogP contribution is -2.33. The number of amides is 1. The van der Waals surface area contributed by atoms with Crippen molar-refractivity contribution in [1.82, 2.24) is 15.0 Å². The van der Waals surface area contributed by atoms with E-state index in [0.717, 1.165) is 36.3 Å². The summed E-state index contributed by atoms with van der Waals surface area (Å²) in [5.41, 5.74) is 3.53. The van der Waals surface area contributed by atoms with Crippen molar-refractivity contribution in [2.24, 2.45) is 0 Å². The minimum atomic E-state index is -0.130. The molecule has 1 saturated carbocycles. The molecule has 0 atom stereocenters. The first-order valence-corrected chi connectivity index (χ1v) is 11.4. The summed E-state index contributed by atoms with van der Waals surface area (Å²) in [6.45, 7) is 0.535. The quantitative estimate of drug-likeness (QED) is 0.399. The predicted molar refractivity (Wildman–Crippen MR) is 123 cm³/mol. The molecule has 1 fully saturated rings. The first kappa shape index (κ1) is 19.6. The highest BCUT2D eigenvalue weighted by molar-refractivity contribution is 7.14.